The SMILES string of the molecule is COc1cccc2c(NCCC(C)(C)O)ccnc12. The number of pyridine rings is 1. The molecular formula is C15H20N2O2. The highest BCUT2D eigenvalue weighted by Crippen LogP contribution is 2.28. The number of ether oxygens (including phenoxy) is 1. The first-order chi connectivity index (χ1) is 9.01. The van der Waals surface area contributed by atoms with Gasteiger partial charge in [0.2, 0.25) is 0 Å². The zero-order valence-corrected chi connectivity index (χ0v) is 11.6. The number of aromatic nitrogens is 1. The minimum Gasteiger partial charge on any atom is -0.494 e. The Morgan fingerprint density at radius 1 is 1.32 bits per heavy atom. The van der Waals surface area contributed by atoms with Crippen LogP contribution in [0.15, 0.2) is 30.5 Å². The van der Waals surface area contributed by atoms with Gasteiger partial charge in [0.15, 0.2) is 0 Å². The first kappa shape index (κ1) is 13.6. The van der Waals surface area contributed by atoms with Crippen molar-refractivity contribution in [2.75, 3.05) is 19.0 Å². The van der Waals surface area contributed by atoms with Gasteiger partial charge in [-0.15, -0.1) is 0 Å². The molecule has 0 aliphatic rings. The molecular weight excluding hydrogens is 240 g/mol. The molecule has 1 aromatic carbocycles. The molecule has 4 heteroatoms. The smallest absolute Gasteiger partial charge is 0.145 e. The standard InChI is InChI=1S/C15H20N2O2/c1-15(2,18)8-10-16-12-7-9-17-14-11(12)5-4-6-13(14)19-3/h4-7,9,18H,8,10H2,1-3H3,(H,16,17). The van der Waals surface area contributed by atoms with Crippen LogP contribution in [0.2, 0.25) is 0 Å². The Hall–Kier alpha value is -1.81. The zero-order chi connectivity index (χ0) is 13.9. The monoisotopic (exact) mass is 260 g/mol. The lowest BCUT2D eigenvalue weighted by molar-refractivity contribution is 0.0749. The number of nitrogens with zero attached hydrogens (tertiary/aromatic N) is 1. The third-order valence-corrected chi connectivity index (χ3v) is 3.01. The molecule has 0 spiro atoms. The summed E-state index contributed by atoms with van der Waals surface area (Å²) in [5, 5.41) is 14.1. The molecule has 0 bridgehead atoms. The van der Waals surface area contributed by atoms with E-state index in [1.165, 1.54) is 0 Å². The van der Waals surface area contributed by atoms with Gasteiger partial charge in [-0.2, -0.15) is 0 Å². The van der Waals surface area contributed by atoms with Crippen LogP contribution in [0.1, 0.15) is 20.3 Å². The third-order valence-electron chi connectivity index (χ3n) is 3.01. The summed E-state index contributed by atoms with van der Waals surface area (Å²) < 4.78 is 5.31. The van der Waals surface area contributed by atoms with Crippen molar-refractivity contribution < 1.29 is 9.84 Å². The van der Waals surface area contributed by atoms with Crippen molar-refractivity contribution in [2.45, 2.75) is 25.9 Å². The molecule has 4 nitrogen and oxygen atoms in total. The summed E-state index contributed by atoms with van der Waals surface area (Å²) in [5.74, 6) is 0.767. The van der Waals surface area contributed by atoms with Crippen molar-refractivity contribution in [3.63, 3.8) is 0 Å². The normalized spacial score (nSPS) is 11.6. The molecule has 0 aliphatic heterocycles. The molecule has 0 saturated carbocycles. The van der Waals surface area contributed by atoms with E-state index < -0.39 is 5.60 Å². The van der Waals surface area contributed by atoms with Gasteiger partial charge in [0.25, 0.3) is 0 Å². The van der Waals surface area contributed by atoms with Gasteiger partial charge in [0.1, 0.15) is 11.3 Å². The second kappa shape index (κ2) is 5.45. The number of hydrogen-bond acceptors (Lipinski definition) is 4. The van der Waals surface area contributed by atoms with Gasteiger partial charge in [-0.25, -0.2) is 0 Å². The van der Waals surface area contributed by atoms with Crippen LogP contribution in [0.3, 0.4) is 0 Å². The predicted octanol–water partition coefficient (Wildman–Crippen LogP) is 2.82. The predicted molar refractivity (Wildman–Crippen MR) is 77.7 cm³/mol. The van der Waals surface area contributed by atoms with Gasteiger partial charge >= 0.3 is 0 Å². The van der Waals surface area contributed by atoms with Crippen molar-refractivity contribution in [2.24, 2.45) is 0 Å². The van der Waals surface area contributed by atoms with Crippen LogP contribution in [-0.4, -0.2) is 29.3 Å². The second-order valence-corrected chi connectivity index (χ2v) is 5.20. The van der Waals surface area contributed by atoms with E-state index in [0.29, 0.717) is 13.0 Å². The summed E-state index contributed by atoms with van der Waals surface area (Å²) in [6, 6.07) is 7.80. The molecule has 1 aromatic heterocycles. The number of fused-ring (bicyclic) bond motifs is 1. The summed E-state index contributed by atoms with van der Waals surface area (Å²) in [7, 11) is 1.64. The van der Waals surface area contributed by atoms with Gasteiger partial charge in [-0.05, 0) is 32.4 Å². The lowest BCUT2D eigenvalue weighted by atomic mass is 10.1. The fourth-order valence-corrected chi connectivity index (χ4v) is 1.97. The lowest BCUT2D eigenvalue weighted by Gasteiger charge is -2.18. The Balaban J connectivity index is 2.24. The molecule has 102 valence electrons. The molecule has 2 rings (SSSR count). The number of methoxy groups -OCH3 is 1. The fourth-order valence-electron chi connectivity index (χ4n) is 1.97. The molecule has 0 unspecified atom stereocenters. The van der Waals surface area contributed by atoms with Crippen molar-refractivity contribution in [1.29, 1.82) is 0 Å². The lowest BCUT2D eigenvalue weighted by Crippen LogP contribution is -2.22. The number of benzene rings is 1. The Morgan fingerprint density at radius 2 is 2.11 bits per heavy atom. The van der Waals surface area contributed by atoms with Gasteiger partial charge in [0.05, 0.1) is 12.7 Å². The maximum atomic E-state index is 9.72. The summed E-state index contributed by atoms with van der Waals surface area (Å²) in [6.07, 6.45) is 2.44. The Labute approximate surface area is 113 Å². The van der Waals surface area contributed by atoms with Crippen LogP contribution in [0.25, 0.3) is 10.9 Å². The van der Waals surface area contributed by atoms with E-state index in [1.807, 2.05) is 38.1 Å². The van der Waals surface area contributed by atoms with Gasteiger partial charge in [-0.3, -0.25) is 4.98 Å². The number of rotatable bonds is 5. The Bertz CT molecular complexity index is 562. The van der Waals surface area contributed by atoms with Gasteiger partial charge in [-0.1, -0.05) is 12.1 Å². The van der Waals surface area contributed by atoms with Crippen LogP contribution >= 0.6 is 0 Å². The molecule has 0 radical (unpaired) electrons. The van der Waals surface area contributed by atoms with Gasteiger partial charge < -0.3 is 15.2 Å². The molecule has 2 N–H and O–H groups in total. The average molecular weight is 260 g/mol. The molecule has 0 atom stereocenters. The second-order valence-electron chi connectivity index (χ2n) is 5.20. The number of nitrogens with one attached hydrogen (secondary N) is 1. The highest BCUT2D eigenvalue weighted by atomic mass is 16.5. The van der Waals surface area contributed by atoms with E-state index in [1.54, 1.807) is 13.3 Å². The number of anilines is 1. The molecule has 0 fully saturated rings. The third kappa shape index (κ3) is 3.35. The van der Waals surface area contributed by atoms with E-state index in [-0.39, 0.29) is 0 Å². The van der Waals surface area contributed by atoms with Crippen LogP contribution in [0, 0.1) is 0 Å². The van der Waals surface area contributed by atoms with Crippen molar-refractivity contribution in [1.82, 2.24) is 4.98 Å². The molecule has 0 saturated heterocycles. The zero-order valence-electron chi connectivity index (χ0n) is 11.6. The first-order valence-electron chi connectivity index (χ1n) is 6.39. The Kier molecular flexibility index (Phi) is 3.90. The van der Waals surface area contributed by atoms with Crippen LogP contribution in [-0.2, 0) is 0 Å². The highest BCUT2D eigenvalue weighted by molar-refractivity contribution is 5.94. The topological polar surface area (TPSA) is 54.4 Å². The van der Waals surface area contributed by atoms with E-state index in [4.69, 9.17) is 4.74 Å². The summed E-state index contributed by atoms with van der Waals surface area (Å²) in [5.41, 5.74) is 1.19. The van der Waals surface area contributed by atoms with Gasteiger partial charge in [0, 0.05) is 23.8 Å². The minimum absolute atomic E-state index is 0.659. The molecule has 0 aliphatic carbocycles. The van der Waals surface area contributed by atoms with Crippen LogP contribution in [0.5, 0.6) is 5.75 Å². The number of para-hydroxylation sites is 1. The van der Waals surface area contributed by atoms with Crippen LogP contribution in [0.4, 0.5) is 5.69 Å². The quantitative estimate of drug-likeness (QED) is 0.868. The minimum atomic E-state index is -0.659. The average Bonchev–Trinajstić information content (AvgIpc) is 2.37. The molecule has 1 heterocycles. The van der Waals surface area contributed by atoms with Crippen molar-refractivity contribution in [3.8, 4) is 5.75 Å². The molecule has 19 heavy (non-hydrogen) atoms. The van der Waals surface area contributed by atoms with E-state index >= 15 is 0 Å². The fraction of sp³-hybridized carbons (Fsp3) is 0.400. The summed E-state index contributed by atoms with van der Waals surface area (Å²) in [4.78, 5) is 4.36. The van der Waals surface area contributed by atoms with Crippen molar-refractivity contribution >= 4 is 16.6 Å². The van der Waals surface area contributed by atoms with E-state index in [9.17, 15) is 5.11 Å². The first-order valence-corrected chi connectivity index (χ1v) is 6.39. The number of aliphatic hydroxyl groups is 1. The maximum Gasteiger partial charge on any atom is 0.145 e. The summed E-state index contributed by atoms with van der Waals surface area (Å²) in [6.45, 7) is 4.32. The highest BCUT2D eigenvalue weighted by Gasteiger charge is 2.12. The number of hydrogen-bond donors (Lipinski definition) is 2. The maximum absolute atomic E-state index is 9.72. The van der Waals surface area contributed by atoms with Crippen molar-refractivity contribution in [3.05, 3.63) is 30.5 Å². The Morgan fingerprint density at radius 3 is 2.79 bits per heavy atom. The summed E-state index contributed by atoms with van der Waals surface area (Å²) >= 11 is 0. The largest absolute Gasteiger partial charge is 0.494 e. The van der Waals surface area contributed by atoms with E-state index in [2.05, 4.69) is 10.3 Å². The molecule has 2 aromatic rings. The molecule has 0 amide bonds. The van der Waals surface area contributed by atoms with Crippen LogP contribution < -0.4 is 10.1 Å². The van der Waals surface area contributed by atoms with E-state index in [0.717, 1.165) is 22.3 Å².